The molecule has 2 amide bonds. The summed E-state index contributed by atoms with van der Waals surface area (Å²) in [6.45, 7) is 2.85. The number of nitrogens with zero attached hydrogens (tertiary/aromatic N) is 2. The van der Waals surface area contributed by atoms with Crippen LogP contribution < -0.4 is 16.2 Å². The first-order valence-corrected chi connectivity index (χ1v) is 11.1. The summed E-state index contributed by atoms with van der Waals surface area (Å²) in [7, 11) is 0. The van der Waals surface area contributed by atoms with Gasteiger partial charge in [0.05, 0.1) is 34.7 Å². The Balaban J connectivity index is 1.57. The molecular weight excluding hydrogens is 475 g/mol. The average molecular weight is 496 g/mol. The maximum absolute atomic E-state index is 14.8. The molecule has 2 atom stereocenters. The van der Waals surface area contributed by atoms with Crippen molar-refractivity contribution >= 4 is 34.6 Å². The van der Waals surface area contributed by atoms with Crippen molar-refractivity contribution in [3.63, 3.8) is 0 Å². The number of aromatic nitrogens is 2. The predicted molar refractivity (Wildman–Crippen MR) is 124 cm³/mol. The lowest BCUT2D eigenvalue weighted by molar-refractivity contribution is -0.172. The standard InChI is InChI=1S/C24H21FN4O7/c1-3-24(35)14-6-18-19-12(8-29(18)21(31)13(14)9-36-22(24)32)4-11-5-17(15(25)7-16(11)27-19)28-20(30)10(2)26-23(33)34/h4-7,10,26,35H,3,8-9H2,1-2H3,(H,28,30)(H,33,34)/t10-,24-/m0/s1. The minimum atomic E-state index is -1.95. The molecule has 3 aromatic rings. The number of carbonyl (C=O) groups excluding carboxylic acids is 2. The fraction of sp³-hybridized carbons (Fsp3) is 0.292. The fourth-order valence-electron chi connectivity index (χ4n) is 4.59. The molecule has 0 radical (unpaired) electrons. The molecule has 0 fully saturated rings. The number of carbonyl (C=O) groups is 3. The molecule has 11 nitrogen and oxygen atoms in total. The van der Waals surface area contributed by atoms with Crippen LogP contribution in [0.2, 0.25) is 0 Å². The van der Waals surface area contributed by atoms with Gasteiger partial charge in [-0.2, -0.15) is 0 Å². The van der Waals surface area contributed by atoms with Gasteiger partial charge in [0.2, 0.25) is 5.91 Å². The largest absolute Gasteiger partial charge is 0.465 e. The van der Waals surface area contributed by atoms with Crippen LogP contribution in [0.25, 0.3) is 22.3 Å². The average Bonchev–Trinajstić information content (AvgIpc) is 3.18. The van der Waals surface area contributed by atoms with E-state index >= 15 is 0 Å². The van der Waals surface area contributed by atoms with Crippen LogP contribution in [0.15, 0.2) is 29.1 Å². The third-order valence-corrected chi connectivity index (χ3v) is 6.59. The van der Waals surface area contributed by atoms with E-state index in [4.69, 9.17) is 9.84 Å². The van der Waals surface area contributed by atoms with Gasteiger partial charge in [0.25, 0.3) is 5.56 Å². The number of ether oxygens (including phenoxy) is 1. The molecule has 0 unspecified atom stereocenters. The van der Waals surface area contributed by atoms with Gasteiger partial charge >= 0.3 is 12.1 Å². The lowest BCUT2D eigenvalue weighted by Gasteiger charge is -2.31. The van der Waals surface area contributed by atoms with E-state index in [9.17, 15) is 28.7 Å². The van der Waals surface area contributed by atoms with E-state index in [-0.39, 0.29) is 41.9 Å². The third kappa shape index (κ3) is 3.49. The Morgan fingerprint density at radius 2 is 2.03 bits per heavy atom. The Hall–Kier alpha value is -4.32. The maximum Gasteiger partial charge on any atom is 0.405 e. The summed E-state index contributed by atoms with van der Waals surface area (Å²) >= 11 is 0. The summed E-state index contributed by atoms with van der Waals surface area (Å²) < 4.78 is 21.3. The van der Waals surface area contributed by atoms with Crippen molar-refractivity contribution in [2.24, 2.45) is 0 Å². The molecule has 4 N–H and O–H groups in total. The second kappa shape index (κ2) is 8.12. The van der Waals surface area contributed by atoms with Crippen LogP contribution in [0.5, 0.6) is 0 Å². The molecule has 4 heterocycles. The number of carboxylic acid groups (broad SMARTS) is 1. The van der Waals surface area contributed by atoms with Gasteiger partial charge in [-0.15, -0.1) is 0 Å². The Bertz CT molecular complexity index is 1550. The minimum absolute atomic E-state index is 0.0139. The zero-order valence-electron chi connectivity index (χ0n) is 19.2. The number of nitrogens with one attached hydrogen (secondary N) is 2. The van der Waals surface area contributed by atoms with E-state index in [1.165, 1.54) is 17.6 Å². The zero-order chi connectivity index (χ0) is 25.9. The first kappa shape index (κ1) is 23.4. The molecule has 0 spiro atoms. The van der Waals surface area contributed by atoms with Crippen LogP contribution in [0.4, 0.5) is 14.9 Å². The number of aliphatic hydroxyl groups is 1. The van der Waals surface area contributed by atoms with Crippen LogP contribution in [0.1, 0.15) is 37.0 Å². The van der Waals surface area contributed by atoms with Gasteiger partial charge in [-0.05, 0) is 31.5 Å². The normalized spacial score (nSPS) is 18.6. The lowest BCUT2D eigenvalue weighted by Crippen LogP contribution is -2.44. The number of benzene rings is 1. The summed E-state index contributed by atoms with van der Waals surface area (Å²) in [4.78, 5) is 53.0. The van der Waals surface area contributed by atoms with Gasteiger partial charge in [-0.25, -0.2) is 19.0 Å². The fourth-order valence-corrected chi connectivity index (χ4v) is 4.59. The second-order valence-corrected chi connectivity index (χ2v) is 8.78. The monoisotopic (exact) mass is 496 g/mol. The number of hydrogen-bond acceptors (Lipinski definition) is 7. The van der Waals surface area contributed by atoms with Crippen molar-refractivity contribution in [3.8, 4) is 11.4 Å². The number of esters is 1. The predicted octanol–water partition coefficient (Wildman–Crippen LogP) is 1.81. The highest BCUT2D eigenvalue weighted by atomic mass is 19.1. The quantitative estimate of drug-likeness (QED) is 0.311. The molecular formula is C24H21FN4O7. The molecule has 36 heavy (non-hydrogen) atoms. The number of halogens is 1. The lowest BCUT2D eigenvalue weighted by atomic mass is 9.86. The molecule has 0 aliphatic carbocycles. The number of hydrogen-bond donors (Lipinski definition) is 4. The van der Waals surface area contributed by atoms with E-state index < -0.39 is 41.0 Å². The summed E-state index contributed by atoms with van der Waals surface area (Å²) in [5.74, 6) is -2.35. The molecule has 2 aliphatic heterocycles. The third-order valence-electron chi connectivity index (χ3n) is 6.59. The highest BCUT2D eigenvalue weighted by molar-refractivity contribution is 5.98. The van der Waals surface area contributed by atoms with Crippen LogP contribution in [-0.4, -0.2) is 43.8 Å². The SMILES string of the molecule is CC[C@@]1(O)C(=O)OCc2c1cc1n(c2=O)Cc2cc3cc(NC(=O)[C@H](C)NC(=O)O)c(F)cc3nc2-1. The van der Waals surface area contributed by atoms with Gasteiger partial charge in [0.1, 0.15) is 18.5 Å². The first-order valence-electron chi connectivity index (χ1n) is 11.1. The summed E-state index contributed by atoms with van der Waals surface area (Å²) in [6.07, 6.45) is -1.37. The Morgan fingerprint density at radius 1 is 1.28 bits per heavy atom. The van der Waals surface area contributed by atoms with Crippen LogP contribution in [-0.2, 0) is 33.1 Å². The Morgan fingerprint density at radius 3 is 2.72 bits per heavy atom. The first-order chi connectivity index (χ1) is 17.0. The van der Waals surface area contributed by atoms with Crippen molar-refractivity contribution < 1.29 is 33.7 Å². The molecule has 0 bridgehead atoms. The van der Waals surface area contributed by atoms with Gasteiger partial charge < -0.3 is 30.2 Å². The number of pyridine rings is 2. The van der Waals surface area contributed by atoms with E-state index in [2.05, 4.69) is 10.3 Å². The van der Waals surface area contributed by atoms with Gasteiger partial charge in [0.15, 0.2) is 5.60 Å². The topological polar surface area (TPSA) is 160 Å². The van der Waals surface area contributed by atoms with Crippen molar-refractivity contribution in [2.45, 2.75) is 45.1 Å². The maximum atomic E-state index is 14.8. The number of cyclic esters (lactones) is 1. The van der Waals surface area contributed by atoms with Gasteiger partial charge in [-0.3, -0.25) is 9.59 Å². The molecule has 1 aromatic carbocycles. The van der Waals surface area contributed by atoms with Crippen molar-refractivity contribution in [1.82, 2.24) is 14.9 Å². The number of anilines is 1. The smallest absolute Gasteiger partial charge is 0.405 e. The zero-order valence-corrected chi connectivity index (χ0v) is 19.2. The van der Waals surface area contributed by atoms with Crippen LogP contribution in [0.3, 0.4) is 0 Å². The highest BCUT2D eigenvalue weighted by Gasteiger charge is 2.45. The Kier molecular flexibility index (Phi) is 5.29. The van der Waals surface area contributed by atoms with Crippen molar-refractivity contribution in [3.05, 3.63) is 57.1 Å². The molecule has 0 saturated heterocycles. The second-order valence-electron chi connectivity index (χ2n) is 8.78. The van der Waals surface area contributed by atoms with E-state index in [1.54, 1.807) is 19.1 Å². The van der Waals surface area contributed by atoms with E-state index in [0.717, 1.165) is 6.07 Å². The number of rotatable bonds is 4. The summed E-state index contributed by atoms with van der Waals surface area (Å²) in [6, 6.07) is 4.67. The van der Waals surface area contributed by atoms with E-state index in [0.29, 0.717) is 22.3 Å². The minimum Gasteiger partial charge on any atom is -0.465 e. The summed E-state index contributed by atoms with van der Waals surface area (Å²) in [5, 5.41) is 24.5. The molecule has 2 aliphatic rings. The molecule has 12 heteroatoms. The van der Waals surface area contributed by atoms with Crippen LogP contribution >= 0.6 is 0 Å². The van der Waals surface area contributed by atoms with Crippen molar-refractivity contribution in [2.75, 3.05) is 5.32 Å². The number of amides is 2. The van der Waals surface area contributed by atoms with Crippen molar-refractivity contribution in [1.29, 1.82) is 0 Å². The molecule has 5 rings (SSSR count). The molecule has 2 aromatic heterocycles. The molecule has 186 valence electrons. The van der Waals surface area contributed by atoms with E-state index in [1.807, 2.05) is 5.32 Å². The van der Waals surface area contributed by atoms with Gasteiger partial charge in [-0.1, -0.05) is 6.92 Å². The highest BCUT2D eigenvalue weighted by Crippen LogP contribution is 2.39. The van der Waals surface area contributed by atoms with Crippen LogP contribution in [0, 0.1) is 5.82 Å². The summed E-state index contributed by atoms with van der Waals surface area (Å²) in [5.41, 5.74) is -0.431. The number of fused-ring (bicyclic) bond motifs is 5. The van der Waals surface area contributed by atoms with Gasteiger partial charge in [0, 0.05) is 22.6 Å². The molecule has 0 saturated carbocycles. The Labute approximate surface area is 202 Å².